The Morgan fingerprint density at radius 2 is 2.04 bits per heavy atom. The Bertz CT molecular complexity index is 874. The molecule has 0 saturated heterocycles. The standard InChI is InChI=1S/C19H16ClFN2O3/c1-3-26-17-10-12(9-16(20)18(17)25-2)8-13(11-22)19(24)23-15-6-4-14(21)5-7-15/h4-10H,3H2,1-2H3,(H,23,24)/b13-8+. The Morgan fingerprint density at radius 1 is 1.35 bits per heavy atom. The minimum Gasteiger partial charge on any atom is -0.491 e. The van der Waals surface area contributed by atoms with Gasteiger partial charge in [-0.3, -0.25) is 4.79 Å². The zero-order chi connectivity index (χ0) is 19.1. The highest BCUT2D eigenvalue weighted by Crippen LogP contribution is 2.36. The normalized spacial score (nSPS) is 10.8. The highest BCUT2D eigenvalue weighted by Gasteiger charge is 2.14. The van der Waals surface area contributed by atoms with Gasteiger partial charge in [0.05, 0.1) is 18.7 Å². The topological polar surface area (TPSA) is 71.3 Å². The molecule has 0 fully saturated rings. The molecule has 2 aromatic carbocycles. The molecule has 0 saturated carbocycles. The minimum atomic E-state index is -0.621. The van der Waals surface area contributed by atoms with Gasteiger partial charge in [0.25, 0.3) is 5.91 Å². The molecule has 0 aliphatic heterocycles. The fraction of sp³-hybridized carbons (Fsp3) is 0.158. The minimum absolute atomic E-state index is 0.141. The first-order valence-electron chi connectivity index (χ1n) is 7.67. The van der Waals surface area contributed by atoms with Crippen LogP contribution < -0.4 is 14.8 Å². The smallest absolute Gasteiger partial charge is 0.266 e. The Labute approximate surface area is 155 Å². The fourth-order valence-corrected chi connectivity index (χ4v) is 2.48. The molecule has 1 N–H and O–H groups in total. The summed E-state index contributed by atoms with van der Waals surface area (Å²) in [4.78, 5) is 12.3. The largest absolute Gasteiger partial charge is 0.491 e. The first-order valence-corrected chi connectivity index (χ1v) is 8.05. The second kappa shape index (κ2) is 8.88. The first-order chi connectivity index (χ1) is 12.5. The lowest BCUT2D eigenvalue weighted by atomic mass is 10.1. The molecular formula is C19H16ClFN2O3. The van der Waals surface area contributed by atoms with Crippen LogP contribution in [0.3, 0.4) is 0 Å². The Balaban J connectivity index is 2.31. The molecule has 7 heteroatoms. The molecule has 0 aliphatic rings. The highest BCUT2D eigenvalue weighted by molar-refractivity contribution is 6.32. The van der Waals surface area contributed by atoms with E-state index in [0.29, 0.717) is 34.4 Å². The van der Waals surface area contributed by atoms with E-state index < -0.39 is 11.7 Å². The highest BCUT2D eigenvalue weighted by atomic mass is 35.5. The van der Waals surface area contributed by atoms with Crippen molar-refractivity contribution in [3.8, 4) is 17.6 Å². The summed E-state index contributed by atoms with van der Waals surface area (Å²) < 4.78 is 23.6. The molecular weight excluding hydrogens is 359 g/mol. The molecule has 1 amide bonds. The van der Waals surface area contributed by atoms with Gasteiger partial charge in [-0.15, -0.1) is 0 Å². The van der Waals surface area contributed by atoms with Gasteiger partial charge in [-0.25, -0.2) is 4.39 Å². The molecule has 0 heterocycles. The number of anilines is 1. The van der Waals surface area contributed by atoms with Gasteiger partial charge in [-0.2, -0.15) is 5.26 Å². The SMILES string of the molecule is CCOc1cc(/C=C(\C#N)C(=O)Nc2ccc(F)cc2)cc(Cl)c1OC. The van der Waals surface area contributed by atoms with Crippen LogP contribution in [-0.4, -0.2) is 19.6 Å². The maximum atomic E-state index is 12.9. The Hall–Kier alpha value is -3.04. The summed E-state index contributed by atoms with van der Waals surface area (Å²) in [6.07, 6.45) is 1.38. The number of hydrogen-bond acceptors (Lipinski definition) is 4. The number of amides is 1. The van der Waals surface area contributed by atoms with Gasteiger partial charge >= 0.3 is 0 Å². The van der Waals surface area contributed by atoms with Crippen LogP contribution >= 0.6 is 11.6 Å². The first kappa shape index (κ1) is 19.3. The Morgan fingerprint density at radius 3 is 2.62 bits per heavy atom. The van der Waals surface area contributed by atoms with Crippen molar-refractivity contribution >= 4 is 29.3 Å². The lowest BCUT2D eigenvalue weighted by Gasteiger charge is -2.12. The van der Waals surface area contributed by atoms with Crippen LogP contribution in [0.2, 0.25) is 5.02 Å². The van der Waals surface area contributed by atoms with E-state index in [9.17, 15) is 14.4 Å². The third-order valence-corrected chi connectivity index (χ3v) is 3.59. The summed E-state index contributed by atoms with van der Waals surface area (Å²) in [5, 5.41) is 12.1. The van der Waals surface area contributed by atoms with E-state index in [2.05, 4.69) is 5.32 Å². The maximum Gasteiger partial charge on any atom is 0.266 e. The fourth-order valence-electron chi connectivity index (χ4n) is 2.18. The molecule has 0 aliphatic carbocycles. The summed E-state index contributed by atoms with van der Waals surface area (Å²) >= 11 is 6.17. The maximum absolute atomic E-state index is 12.9. The molecule has 0 atom stereocenters. The monoisotopic (exact) mass is 374 g/mol. The van der Waals surface area contributed by atoms with Crippen LogP contribution in [0, 0.1) is 17.1 Å². The van der Waals surface area contributed by atoms with Crippen LogP contribution in [0.4, 0.5) is 10.1 Å². The number of benzene rings is 2. The van der Waals surface area contributed by atoms with Gasteiger partial charge in [-0.1, -0.05) is 11.6 Å². The van der Waals surface area contributed by atoms with E-state index in [0.717, 1.165) is 0 Å². The van der Waals surface area contributed by atoms with E-state index in [1.807, 2.05) is 13.0 Å². The zero-order valence-electron chi connectivity index (χ0n) is 14.2. The summed E-state index contributed by atoms with van der Waals surface area (Å²) in [6.45, 7) is 2.21. The number of carbonyl (C=O) groups is 1. The average Bonchev–Trinajstić information content (AvgIpc) is 2.61. The molecule has 2 rings (SSSR count). The molecule has 0 bridgehead atoms. The van der Waals surface area contributed by atoms with Gasteiger partial charge in [0.15, 0.2) is 11.5 Å². The second-order valence-electron chi connectivity index (χ2n) is 5.10. The number of nitrogens with one attached hydrogen (secondary N) is 1. The van der Waals surface area contributed by atoms with Crippen molar-refractivity contribution < 1.29 is 18.7 Å². The zero-order valence-corrected chi connectivity index (χ0v) is 14.9. The van der Waals surface area contributed by atoms with E-state index in [1.54, 1.807) is 12.1 Å². The van der Waals surface area contributed by atoms with Crippen molar-refractivity contribution in [3.63, 3.8) is 0 Å². The molecule has 0 unspecified atom stereocenters. The summed E-state index contributed by atoms with van der Waals surface area (Å²) in [5.74, 6) is -0.260. The van der Waals surface area contributed by atoms with Gasteiger partial charge in [0.1, 0.15) is 17.5 Å². The Kier molecular flexibility index (Phi) is 6.59. The number of halogens is 2. The van der Waals surface area contributed by atoms with Crippen LogP contribution in [0.5, 0.6) is 11.5 Å². The van der Waals surface area contributed by atoms with Gasteiger partial charge in [-0.05, 0) is 55.0 Å². The van der Waals surface area contributed by atoms with Crippen LogP contribution in [0.25, 0.3) is 6.08 Å². The van der Waals surface area contributed by atoms with Crippen LogP contribution in [0.1, 0.15) is 12.5 Å². The number of nitriles is 1. The third kappa shape index (κ3) is 4.74. The van der Waals surface area contributed by atoms with Gasteiger partial charge in [0.2, 0.25) is 0 Å². The summed E-state index contributed by atoms with van der Waals surface area (Å²) in [7, 11) is 1.47. The van der Waals surface area contributed by atoms with Crippen LogP contribution in [0.15, 0.2) is 42.0 Å². The molecule has 0 spiro atoms. The molecule has 0 radical (unpaired) electrons. The predicted octanol–water partition coefficient (Wildman–Crippen LogP) is 4.43. The number of rotatable bonds is 6. The van der Waals surface area contributed by atoms with E-state index in [4.69, 9.17) is 21.1 Å². The summed E-state index contributed by atoms with van der Waals surface area (Å²) in [5.41, 5.74) is 0.739. The van der Waals surface area contributed by atoms with Gasteiger partial charge in [0, 0.05) is 5.69 Å². The quantitative estimate of drug-likeness (QED) is 0.599. The number of hydrogen-bond donors (Lipinski definition) is 1. The average molecular weight is 375 g/mol. The lowest BCUT2D eigenvalue weighted by molar-refractivity contribution is -0.112. The molecule has 2 aromatic rings. The van der Waals surface area contributed by atoms with Crippen molar-refractivity contribution in [2.24, 2.45) is 0 Å². The molecule has 26 heavy (non-hydrogen) atoms. The third-order valence-electron chi connectivity index (χ3n) is 3.31. The number of methoxy groups -OCH3 is 1. The molecule has 5 nitrogen and oxygen atoms in total. The van der Waals surface area contributed by atoms with Crippen molar-refractivity contribution in [2.45, 2.75) is 6.92 Å². The van der Waals surface area contributed by atoms with Crippen molar-refractivity contribution in [1.82, 2.24) is 0 Å². The van der Waals surface area contributed by atoms with E-state index >= 15 is 0 Å². The van der Waals surface area contributed by atoms with Crippen LogP contribution in [-0.2, 0) is 4.79 Å². The predicted molar refractivity (Wildman–Crippen MR) is 97.8 cm³/mol. The lowest BCUT2D eigenvalue weighted by Crippen LogP contribution is -2.13. The molecule has 0 aromatic heterocycles. The number of carbonyl (C=O) groups excluding carboxylic acids is 1. The van der Waals surface area contributed by atoms with E-state index in [-0.39, 0.29) is 5.57 Å². The summed E-state index contributed by atoms with van der Waals surface area (Å²) in [6, 6.07) is 10.3. The molecule has 134 valence electrons. The van der Waals surface area contributed by atoms with E-state index in [1.165, 1.54) is 37.5 Å². The van der Waals surface area contributed by atoms with Crippen molar-refractivity contribution in [1.29, 1.82) is 5.26 Å². The van der Waals surface area contributed by atoms with Crippen molar-refractivity contribution in [2.75, 3.05) is 19.0 Å². The van der Waals surface area contributed by atoms with Gasteiger partial charge < -0.3 is 14.8 Å². The van der Waals surface area contributed by atoms with Crippen molar-refractivity contribution in [3.05, 3.63) is 58.4 Å². The number of nitrogens with zero attached hydrogens (tertiary/aromatic N) is 1. The number of ether oxygens (including phenoxy) is 2. The second-order valence-corrected chi connectivity index (χ2v) is 5.51.